The maximum atomic E-state index is 13.8. The van der Waals surface area contributed by atoms with Gasteiger partial charge in [0.05, 0.1) is 0 Å². The number of carbonyl (C=O) groups is 1. The van der Waals surface area contributed by atoms with E-state index in [2.05, 4.69) is 26.1 Å². The van der Waals surface area contributed by atoms with Gasteiger partial charge in [0.15, 0.2) is 0 Å². The molecule has 1 N–H and O–H groups in total. The molecule has 0 aliphatic heterocycles. The van der Waals surface area contributed by atoms with Crippen molar-refractivity contribution in [3.8, 4) is 11.5 Å². The van der Waals surface area contributed by atoms with Crippen molar-refractivity contribution in [2.24, 2.45) is 5.92 Å². The Hall–Kier alpha value is -1.83. The molecule has 0 saturated heterocycles. The zero-order chi connectivity index (χ0) is 15.6. The third-order valence-electron chi connectivity index (χ3n) is 2.73. The van der Waals surface area contributed by atoms with Crippen molar-refractivity contribution in [1.82, 2.24) is 10.2 Å². The summed E-state index contributed by atoms with van der Waals surface area (Å²) in [6, 6.07) is 2.19. The predicted octanol–water partition coefficient (Wildman–Crippen LogP) is 3.43. The first-order valence-corrected chi connectivity index (χ1v) is 6.85. The minimum absolute atomic E-state index is 0.0568. The van der Waals surface area contributed by atoms with E-state index < -0.39 is 23.2 Å². The minimum atomic E-state index is -0.938. The van der Waals surface area contributed by atoms with Crippen molar-refractivity contribution in [2.45, 2.75) is 19.8 Å². The second-order valence-electron chi connectivity index (χ2n) is 4.65. The first kappa shape index (κ1) is 15.6. The van der Waals surface area contributed by atoms with E-state index in [0.29, 0.717) is 0 Å². The van der Waals surface area contributed by atoms with E-state index in [1.54, 1.807) is 6.92 Å². The van der Waals surface area contributed by atoms with Crippen LogP contribution in [0.25, 0.3) is 11.5 Å². The molecule has 0 fully saturated rings. The van der Waals surface area contributed by atoms with Crippen LogP contribution < -0.4 is 0 Å². The zero-order valence-electron chi connectivity index (χ0n) is 10.9. The van der Waals surface area contributed by atoms with Crippen molar-refractivity contribution in [2.75, 3.05) is 0 Å². The van der Waals surface area contributed by atoms with Gasteiger partial charge < -0.3 is 9.52 Å². The molecule has 1 heterocycles. The lowest BCUT2D eigenvalue weighted by Gasteiger charge is -2.04. The summed E-state index contributed by atoms with van der Waals surface area (Å²) in [5.74, 6) is -2.94. The molecule has 2 aromatic rings. The number of aromatic nitrogens is 2. The normalized spacial score (nSPS) is 12.4. The molecule has 0 spiro atoms. The molecule has 0 aliphatic carbocycles. The lowest BCUT2D eigenvalue weighted by molar-refractivity contribution is -0.137. The average Bonchev–Trinajstić information content (AvgIpc) is 2.74. The quantitative estimate of drug-likeness (QED) is 0.883. The Labute approximate surface area is 127 Å². The fourth-order valence-corrected chi connectivity index (χ4v) is 2.25. The number of halogens is 3. The molecule has 1 aromatic heterocycles. The molecule has 0 saturated carbocycles. The standard InChI is InChI=1S/C13H11BrF2N2O3/c1-6(3-11(19)20)2-10-17-18-13(21-10)12-8(15)4-7(14)5-9(12)16/h4-6H,2-3H2,1H3,(H,19,20). The van der Waals surface area contributed by atoms with E-state index in [0.717, 1.165) is 12.1 Å². The van der Waals surface area contributed by atoms with E-state index in [4.69, 9.17) is 9.52 Å². The van der Waals surface area contributed by atoms with E-state index in [-0.39, 0.29) is 35.0 Å². The zero-order valence-corrected chi connectivity index (χ0v) is 12.5. The highest BCUT2D eigenvalue weighted by atomic mass is 79.9. The molecule has 21 heavy (non-hydrogen) atoms. The molecule has 0 amide bonds. The second kappa shape index (κ2) is 6.30. The number of nitrogens with zero attached hydrogens (tertiary/aromatic N) is 2. The Morgan fingerprint density at radius 3 is 2.57 bits per heavy atom. The van der Waals surface area contributed by atoms with Crippen LogP contribution in [0, 0.1) is 17.6 Å². The minimum Gasteiger partial charge on any atom is -0.481 e. The summed E-state index contributed by atoms with van der Waals surface area (Å²) in [7, 11) is 0. The first-order chi connectivity index (χ1) is 9.86. The summed E-state index contributed by atoms with van der Waals surface area (Å²) in [4.78, 5) is 10.6. The summed E-state index contributed by atoms with van der Waals surface area (Å²) < 4.78 is 33.0. The van der Waals surface area contributed by atoms with Crippen molar-refractivity contribution >= 4 is 21.9 Å². The molecule has 0 bridgehead atoms. The molecule has 5 nitrogen and oxygen atoms in total. The van der Waals surface area contributed by atoms with E-state index in [1.807, 2.05) is 0 Å². The lowest BCUT2D eigenvalue weighted by Crippen LogP contribution is -2.07. The highest BCUT2D eigenvalue weighted by molar-refractivity contribution is 9.10. The summed E-state index contributed by atoms with van der Waals surface area (Å²) in [6.07, 6.45) is 0.164. The Morgan fingerprint density at radius 2 is 2.00 bits per heavy atom. The number of rotatable bonds is 5. The van der Waals surface area contributed by atoms with Gasteiger partial charge in [-0.1, -0.05) is 22.9 Å². The summed E-state index contributed by atoms with van der Waals surface area (Å²) in [5, 5.41) is 16.0. The maximum Gasteiger partial charge on any atom is 0.303 e. The van der Waals surface area contributed by atoms with Crippen LogP contribution in [0.15, 0.2) is 21.0 Å². The van der Waals surface area contributed by atoms with Gasteiger partial charge in [0, 0.05) is 17.3 Å². The largest absolute Gasteiger partial charge is 0.481 e. The summed E-state index contributed by atoms with van der Waals surface area (Å²) in [5.41, 5.74) is -0.400. The molecule has 0 radical (unpaired) electrons. The Morgan fingerprint density at radius 1 is 1.38 bits per heavy atom. The fourth-order valence-electron chi connectivity index (χ4n) is 1.85. The molecule has 1 unspecified atom stereocenters. The van der Waals surface area contributed by atoms with Gasteiger partial charge in [0.25, 0.3) is 5.89 Å². The number of hydrogen-bond acceptors (Lipinski definition) is 4. The van der Waals surface area contributed by atoms with Crippen LogP contribution in [0.3, 0.4) is 0 Å². The monoisotopic (exact) mass is 360 g/mol. The molecule has 1 aromatic carbocycles. The van der Waals surface area contributed by atoms with Gasteiger partial charge in [0.1, 0.15) is 17.2 Å². The molecule has 2 rings (SSSR count). The van der Waals surface area contributed by atoms with Crippen molar-refractivity contribution in [3.63, 3.8) is 0 Å². The molecule has 0 aliphatic rings. The Bertz CT molecular complexity index is 652. The summed E-state index contributed by atoms with van der Waals surface area (Å²) in [6.45, 7) is 1.71. The van der Waals surface area contributed by atoms with Crippen LogP contribution in [-0.2, 0) is 11.2 Å². The first-order valence-electron chi connectivity index (χ1n) is 6.06. The van der Waals surface area contributed by atoms with Gasteiger partial charge in [-0.25, -0.2) is 8.78 Å². The van der Waals surface area contributed by atoms with Crippen LogP contribution in [0.5, 0.6) is 0 Å². The molecule has 8 heteroatoms. The van der Waals surface area contributed by atoms with E-state index >= 15 is 0 Å². The third kappa shape index (κ3) is 3.84. The highest BCUT2D eigenvalue weighted by Crippen LogP contribution is 2.28. The fraction of sp³-hybridized carbons (Fsp3) is 0.308. The van der Waals surface area contributed by atoms with Gasteiger partial charge >= 0.3 is 5.97 Å². The highest BCUT2D eigenvalue weighted by Gasteiger charge is 2.20. The van der Waals surface area contributed by atoms with Crippen LogP contribution in [0.2, 0.25) is 0 Å². The topological polar surface area (TPSA) is 76.2 Å². The van der Waals surface area contributed by atoms with Gasteiger partial charge in [-0.05, 0) is 18.1 Å². The predicted molar refractivity (Wildman–Crippen MR) is 72.5 cm³/mol. The van der Waals surface area contributed by atoms with Crippen LogP contribution >= 0.6 is 15.9 Å². The van der Waals surface area contributed by atoms with E-state index in [1.165, 1.54) is 0 Å². The molecular weight excluding hydrogens is 350 g/mol. The van der Waals surface area contributed by atoms with E-state index in [9.17, 15) is 13.6 Å². The summed E-state index contributed by atoms with van der Waals surface area (Å²) >= 11 is 2.98. The van der Waals surface area contributed by atoms with Gasteiger partial charge in [-0.2, -0.15) is 0 Å². The second-order valence-corrected chi connectivity index (χ2v) is 5.57. The number of benzene rings is 1. The number of hydrogen-bond donors (Lipinski definition) is 1. The third-order valence-corrected chi connectivity index (χ3v) is 3.19. The van der Waals surface area contributed by atoms with Gasteiger partial charge in [-0.15, -0.1) is 10.2 Å². The van der Waals surface area contributed by atoms with Gasteiger partial charge in [0.2, 0.25) is 5.89 Å². The van der Waals surface area contributed by atoms with Crippen molar-refractivity contribution in [1.29, 1.82) is 0 Å². The molecule has 112 valence electrons. The van der Waals surface area contributed by atoms with Crippen LogP contribution in [0.1, 0.15) is 19.2 Å². The molecule has 1 atom stereocenters. The number of carboxylic acids is 1. The lowest BCUT2D eigenvalue weighted by atomic mass is 10.0. The number of carboxylic acid groups (broad SMARTS) is 1. The SMILES string of the molecule is CC(CC(=O)O)Cc1nnc(-c2c(F)cc(Br)cc2F)o1. The van der Waals surface area contributed by atoms with Crippen molar-refractivity contribution < 1.29 is 23.1 Å². The maximum absolute atomic E-state index is 13.8. The van der Waals surface area contributed by atoms with Crippen molar-refractivity contribution in [3.05, 3.63) is 34.1 Å². The van der Waals surface area contributed by atoms with Gasteiger partial charge in [-0.3, -0.25) is 4.79 Å². The average molecular weight is 361 g/mol. The Balaban J connectivity index is 2.22. The number of aliphatic carboxylic acids is 1. The van der Waals surface area contributed by atoms with Crippen LogP contribution in [0.4, 0.5) is 8.78 Å². The Kier molecular flexibility index (Phi) is 4.66. The van der Waals surface area contributed by atoms with Crippen LogP contribution in [-0.4, -0.2) is 21.3 Å². The smallest absolute Gasteiger partial charge is 0.303 e. The molecular formula is C13H11BrF2N2O3.